The van der Waals surface area contributed by atoms with Crippen LogP contribution in [0.25, 0.3) is 0 Å². The van der Waals surface area contributed by atoms with Crippen molar-refractivity contribution in [2.45, 2.75) is 64.8 Å². The Bertz CT molecular complexity index is 423. The molecule has 1 aromatic heterocycles. The van der Waals surface area contributed by atoms with Gasteiger partial charge in [0, 0.05) is 18.2 Å². The van der Waals surface area contributed by atoms with Crippen molar-refractivity contribution >= 4 is 0 Å². The van der Waals surface area contributed by atoms with E-state index in [1.165, 1.54) is 19.4 Å². The minimum Gasteiger partial charge on any atom is -0.462 e. The summed E-state index contributed by atoms with van der Waals surface area (Å²) >= 11 is 0. The van der Waals surface area contributed by atoms with Gasteiger partial charge in [0.25, 0.3) is 0 Å². The first-order chi connectivity index (χ1) is 9.94. The van der Waals surface area contributed by atoms with Gasteiger partial charge in [0.05, 0.1) is 6.54 Å². The minimum atomic E-state index is 0.108. The molecule has 4 nitrogen and oxygen atoms in total. The molecule has 0 saturated carbocycles. The van der Waals surface area contributed by atoms with Gasteiger partial charge in [0.2, 0.25) is 0 Å². The van der Waals surface area contributed by atoms with E-state index in [1.54, 1.807) is 0 Å². The molecular formula is C17H30N2O2. The van der Waals surface area contributed by atoms with E-state index in [1.807, 2.05) is 12.1 Å². The SMILES string of the molecule is CN1CCCC1CCOCc1ccc(CNC(C)(C)C)o1. The average molecular weight is 294 g/mol. The number of rotatable bonds is 7. The highest BCUT2D eigenvalue weighted by Crippen LogP contribution is 2.18. The molecule has 0 spiro atoms. The van der Waals surface area contributed by atoms with Gasteiger partial charge in [0.1, 0.15) is 18.1 Å². The zero-order chi connectivity index (χ0) is 15.3. The van der Waals surface area contributed by atoms with Crippen molar-refractivity contribution in [1.82, 2.24) is 10.2 Å². The monoisotopic (exact) mass is 294 g/mol. The Morgan fingerprint density at radius 1 is 1.33 bits per heavy atom. The molecular weight excluding hydrogens is 264 g/mol. The summed E-state index contributed by atoms with van der Waals surface area (Å²) in [7, 11) is 2.21. The highest BCUT2D eigenvalue weighted by atomic mass is 16.5. The Morgan fingerprint density at radius 3 is 2.76 bits per heavy atom. The fourth-order valence-electron chi connectivity index (χ4n) is 2.68. The van der Waals surface area contributed by atoms with E-state index in [2.05, 4.69) is 38.0 Å². The largest absolute Gasteiger partial charge is 0.462 e. The molecule has 0 radical (unpaired) electrons. The van der Waals surface area contributed by atoms with E-state index in [0.29, 0.717) is 12.6 Å². The third-order valence-electron chi connectivity index (χ3n) is 4.02. The number of likely N-dealkylation sites (tertiary alicyclic amines) is 1. The van der Waals surface area contributed by atoms with Gasteiger partial charge in [-0.3, -0.25) is 0 Å². The van der Waals surface area contributed by atoms with E-state index in [9.17, 15) is 0 Å². The first-order valence-corrected chi connectivity index (χ1v) is 8.05. The molecule has 0 amide bonds. The normalized spacial score (nSPS) is 20.3. The lowest BCUT2D eigenvalue weighted by Crippen LogP contribution is -2.34. The van der Waals surface area contributed by atoms with Crippen LogP contribution in [0.2, 0.25) is 0 Å². The van der Waals surface area contributed by atoms with Crippen LogP contribution in [0.1, 0.15) is 51.6 Å². The topological polar surface area (TPSA) is 37.6 Å². The molecule has 21 heavy (non-hydrogen) atoms. The fourth-order valence-corrected chi connectivity index (χ4v) is 2.68. The standard InChI is InChI=1S/C17H30N2O2/c1-17(2,3)18-12-15-7-8-16(21-15)13-20-11-9-14-6-5-10-19(14)4/h7-8,14,18H,5-6,9-13H2,1-4H3. The number of hydrogen-bond donors (Lipinski definition) is 1. The zero-order valence-electron chi connectivity index (χ0n) is 13.9. The maximum absolute atomic E-state index is 5.77. The summed E-state index contributed by atoms with van der Waals surface area (Å²) in [6, 6.07) is 4.75. The lowest BCUT2D eigenvalue weighted by molar-refractivity contribution is 0.0885. The number of hydrogen-bond acceptors (Lipinski definition) is 4. The molecule has 1 aliphatic rings. The third-order valence-corrected chi connectivity index (χ3v) is 4.02. The molecule has 1 atom stereocenters. The van der Waals surface area contributed by atoms with Crippen LogP contribution in [-0.4, -0.2) is 36.7 Å². The molecule has 1 unspecified atom stereocenters. The van der Waals surface area contributed by atoms with Crippen LogP contribution in [0.4, 0.5) is 0 Å². The van der Waals surface area contributed by atoms with E-state index in [-0.39, 0.29) is 5.54 Å². The molecule has 0 aliphatic carbocycles. The molecule has 0 bridgehead atoms. The van der Waals surface area contributed by atoms with Gasteiger partial charge in [-0.1, -0.05) is 0 Å². The second-order valence-corrected chi connectivity index (χ2v) is 7.09. The van der Waals surface area contributed by atoms with Crippen LogP contribution in [0.15, 0.2) is 16.5 Å². The molecule has 1 aliphatic heterocycles. The number of furan rings is 1. The Kier molecular flexibility index (Phi) is 5.85. The van der Waals surface area contributed by atoms with Crippen LogP contribution in [0.3, 0.4) is 0 Å². The van der Waals surface area contributed by atoms with Crippen molar-refractivity contribution < 1.29 is 9.15 Å². The van der Waals surface area contributed by atoms with Gasteiger partial charge < -0.3 is 19.4 Å². The lowest BCUT2D eigenvalue weighted by atomic mass is 10.1. The first kappa shape index (κ1) is 16.5. The molecule has 1 fully saturated rings. The molecule has 1 saturated heterocycles. The summed E-state index contributed by atoms with van der Waals surface area (Å²) in [6.45, 7) is 9.83. The molecule has 0 aromatic carbocycles. The van der Waals surface area contributed by atoms with Crippen LogP contribution >= 0.6 is 0 Å². The lowest BCUT2D eigenvalue weighted by Gasteiger charge is -2.19. The van der Waals surface area contributed by atoms with Crippen molar-refractivity contribution in [3.05, 3.63) is 23.7 Å². The number of nitrogens with zero attached hydrogens (tertiary/aromatic N) is 1. The molecule has 2 rings (SSSR count). The molecule has 2 heterocycles. The van der Waals surface area contributed by atoms with Crippen molar-refractivity contribution in [2.24, 2.45) is 0 Å². The summed E-state index contributed by atoms with van der Waals surface area (Å²) in [5.41, 5.74) is 0.108. The zero-order valence-corrected chi connectivity index (χ0v) is 13.9. The quantitative estimate of drug-likeness (QED) is 0.784. The number of ether oxygens (including phenoxy) is 1. The fraction of sp³-hybridized carbons (Fsp3) is 0.765. The van der Waals surface area contributed by atoms with Crippen molar-refractivity contribution in [3.8, 4) is 0 Å². The Hall–Kier alpha value is -0.840. The predicted molar refractivity (Wildman–Crippen MR) is 85.2 cm³/mol. The predicted octanol–water partition coefficient (Wildman–Crippen LogP) is 3.17. The average Bonchev–Trinajstić information content (AvgIpc) is 3.01. The van der Waals surface area contributed by atoms with Gasteiger partial charge in [-0.05, 0) is 65.8 Å². The highest BCUT2D eigenvalue weighted by molar-refractivity contribution is 5.06. The van der Waals surface area contributed by atoms with E-state index in [4.69, 9.17) is 9.15 Å². The smallest absolute Gasteiger partial charge is 0.129 e. The van der Waals surface area contributed by atoms with Crippen molar-refractivity contribution in [1.29, 1.82) is 0 Å². The van der Waals surface area contributed by atoms with Crippen LogP contribution < -0.4 is 5.32 Å². The Balaban J connectivity index is 1.63. The van der Waals surface area contributed by atoms with Crippen molar-refractivity contribution in [2.75, 3.05) is 20.2 Å². The van der Waals surface area contributed by atoms with Crippen molar-refractivity contribution in [3.63, 3.8) is 0 Å². The Labute approximate surface area is 128 Å². The molecule has 4 heteroatoms. The summed E-state index contributed by atoms with van der Waals surface area (Å²) in [5.74, 6) is 1.89. The Morgan fingerprint density at radius 2 is 2.10 bits per heavy atom. The molecule has 120 valence electrons. The van der Waals surface area contributed by atoms with Gasteiger partial charge >= 0.3 is 0 Å². The molecule has 1 aromatic rings. The van der Waals surface area contributed by atoms with Crippen LogP contribution in [0.5, 0.6) is 0 Å². The summed E-state index contributed by atoms with van der Waals surface area (Å²) < 4.78 is 11.5. The van der Waals surface area contributed by atoms with Crippen LogP contribution in [-0.2, 0) is 17.9 Å². The second-order valence-electron chi connectivity index (χ2n) is 7.09. The molecule has 1 N–H and O–H groups in total. The van der Waals surface area contributed by atoms with Gasteiger partial charge in [-0.25, -0.2) is 0 Å². The minimum absolute atomic E-state index is 0.108. The summed E-state index contributed by atoms with van der Waals surface area (Å²) in [6.07, 6.45) is 3.75. The summed E-state index contributed by atoms with van der Waals surface area (Å²) in [4.78, 5) is 2.44. The van der Waals surface area contributed by atoms with E-state index in [0.717, 1.165) is 31.1 Å². The van der Waals surface area contributed by atoms with E-state index < -0.39 is 0 Å². The van der Waals surface area contributed by atoms with Crippen LogP contribution in [0, 0.1) is 0 Å². The maximum atomic E-state index is 5.77. The van der Waals surface area contributed by atoms with Gasteiger partial charge in [0.15, 0.2) is 0 Å². The van der Waals surface area contributed by atoms with Gasteiger partial charge in [-0.2, -0.15) is 0 Å². The third kappa shape index (κ3) is 5.81. The van der Waals surface area contributed by atoms with E-state index >= 15 is 0 Å². The number of nitrogens with one attached hydrogen (secondary N) is 1. The van der Waals surface area contributed by atoms with Gasteiger partial charge in [-0.15, -0.1) is 0 Å². The first-order valence-electron chi connectivity index (χ1n) is 8.05. The second kappa shape index (κ2) is 7.43. The highest BCUT2D eigenvalue weighted by Gasteiger charge is 2.20. The summed E-state index contributed by atoms with van der Waals surface area (Å²) in [5, 5.41) is 3.42. The maximum Gasteiger partial charge on any atom is 0.129 e.